The lowest BCUT2D eigenvalue weighted by atomic mass is 9.86. The second-order valence-corrected chi connectivity index (χ2v) is 14.3. The van der Waals surface area contributed by atoms with Crippen molar-refractivity contribution in [3.8, 4) is 6.07 Å². The zero-order valence-electron chi connectivity index (χ0n) is 30.2. The number of nitriles is 1. The summed E-state index contributed by atoms with van der Waals surface area (Å²) in [6.07, 6.45) is -4.43. The van der Waals surface area contributed by atoms with Gasteiger partial charge in [0.15, 0.2) is 11.9 Å². The summed E-state index contributed by atoms with van der Waals surface area (Å²) in [5.41, 5.74) is -3.08. The monoisotopic (exact) mass is 708 g/mol. The van der Waals surface area contributed by atoms with Gasteiger partial charge in [0.2, 0.25) is 11.5 Å². The van der Waals surface area contributed by atoms with Crippen LogP contribution in [0.25, 0.3) is 0 Å². The standard InChI is InChI=1S/C36H48N6O9/c1-9-21(2)31(45)42-30(39-20-38)23-15-16-25(40-23)36(19-37)29(44)27(24(50-36)18-48-26(43)17-22-13-11-10-12-14-22)49-32(46)28(34(3,4)5)41-33(47)51-35(6,7)8/h10-16,20-21,24,27-29,40,44H,9,17-18H2,1-8H3,(H,41,47)(H2,38,39,42,45)/t21-,24-,27-,28-,29-,36+/m1/s1. The third kappa shape index (κ3) is 10.5. The van der Waals surface area contributed by atoms with Crippen LogP contribution >= 0.6 is 0 Å². The van der Waals surface area contributed by atoms with E-state index < -0.39 is 65.6 Å². The molecule has 0 radical (unpaired) electrons. The van der Waals surface area contributed by atoms with E-state index in [4.69, 9.17) is 24.4 Å². The van der Waals surface area contributed by atoms with Crippen molar-refractivity contribution in [3.63, 3.8) is 0 Å². The number of aliphatic imine (C=N–C) groups is 1. The molecule has 0 unspecified atom stereocenters. The third-order valence-electron chi connectivity index (χ3n) is 8.05. The maximum Gasteiger partial charge on any atom is 0.408 e. The first-order chi connectivity index (χ1) is 23.8. The van der Waals surface area contributed by atoms with Gasteiger partial charge in [-0.2, -0.15) is 5.26 Å². The fourth-order valence-electron chi connectivity index (χ4n) is 5.11. The number of H-pyrrole nitrogens is 1. The predicted octanol–water partition coefficient (Wildman–Crippen LogP) is 3.65. The number of aliphatic hydroxyl groups is 1. The third-order valence-corrected chi connectivity index (χ3v) is 8.05. The van der Waals surface area contributed by atoms with E-state index in [0.717, 1.165) is 6.34 Å². The van der Waals surface area contributed by atoms with Crippen molar-refractivity contribution in [2.75, 3.05) is 6.61 Å². The largest absolute Gasteiger partial charge is 0.463 e. The van der Waals surface area contributed by atoms with E-state index in [1.54, 1.807) is 78.8 Å². The van der Waals surface area contributed by atoms with Crippen molar-refractivity contribution < 1.29 is 43.2 Å². The summed E-state index contributed by atoms with van der Waals surface area (Å²) in [5.74, 6) is -2.32. The molecule has 1 fully saturated rings. The number of ether oxygens (including phenoxy) is 4. The van der Waals surface area contributed by atoms with Gasteiger partial charge >= 0.3 is 18.0 Å². The van der Waals surface area contributed by atoms with E-state index >= 15 is 0 Å². The van der Waals surface area contributed by atoms with Crippen LogP contribution in [0.3, 0.4) is 0 Å². The molecule has 15 heteroatoms. The smallest absolute Gasteiger partial charge is 0.408 e. The van der Waals surface area contributed by atoms with Gasteiger partial charge < -0.3 is 39.7 Å². The normalized spacial score (nSPS) is 21.8. The minimum absolute atomic E-state index is 0.00128. The maximum absolute atomic E-state index is 13.8. The highest BCUT2D eigenvalue weighted by Gasteiger charge is 2.60. The number of carbonyl (C=O) groups is 4. The van der Waals surface area contributed by atoms with Crippen LogP contribution in [-0.2, 0) is 45.4 Å². The summed E-state index contributed by atoms with van der Waals surface area (Å²) >= 11 is 0. The van der Waals surface area contributed by atoms with Gasteiger partial charge in [0.1, 0.15) is 42.9 Å². The number of amides is 2. The number of alkyl carbamates (subject to hydrolysis) is 1. The van der Waals surface area contributed by atoms with E-state index in [2.05, 4.69) is 20.6 Å². The number of hydrogen-bond acceptors (Lipinski definition) is 11. The summed E-state index contributed by atoms with van der Waals surface area (Å²) < 4.78 is 22.8. The molecular formula is C36H48N6O9. The van der Waals surface area contributed by atoms with Crippen LogP contribution in [-0.4, -0.2) is 82.8 Å². The summed E-state index contributed by atoms with van der Waals surface area (Å²) in [6.45, 7) is 13.1. The highest BCUT2D eigenvalue weighted by molar-refractivity contribution is 6.09. The number of carbonyl (C=O) groups excluding carboxylic acids is 4. The Bertz CT molecular complexity index is 1640. The maximum atomic E-state index is 13.8. The minimum Gasteiger partial charge on any atom is -0.463 e. The number of benzene rings is 1. The highest BCUT2D eigenvalue weighted by Crippen LogP contribution is 2.41. The first kappa shape index (κ1) is 40.4. The lowest BCUT2D eigenvalue weighted by Crippen LogP contribution is -2.53. The van der Waals surface area contributed by atoms with E-state index in [1.807, 2.05) is 13.0 Å². The zero-order valence-corrected chi connectivity index (χ0v) is 30.2. The molecular weight excluding hydrogens is 660 g/mol. The number of aromatic nitrogens is 1. The molecule has 0 spiro atoms. The second-order valence-electron chi connectivity index (χ2n) is 14.3. The molecule has 1 saturated heterocycles. The van der Waals surface area contributed by atoms with Crippen LogP contribution in [0, 0.1) is 28.1 Å². The highest BCUT2D eigenvalue weighted by atomic mass is 16.6. The molecule has 51 heavy (non-hydrogen) atoms. The average molecular weight is 709 g/mol. The van der Waals surface area contributed by atoms with Gasteiger partial charge in [0.05, 0.1) is 17.8 Å². The topological polar surface area (TPSA) is 225 Å². The predicted molar refractivity (Wildman–Crippen MR) is 185 cm³/mol. The first-order valence-corrected chi connectivity index (χ1v) is 16.6. The first-order valence-electron chi connectivity index (χ1n) is 16.6. The van der Waals surface area contributed by atoms with Gasteiger partial charge in [-0.3, -0.25) is 15.0 Å². The lowest BCUT2D eigenvalue weighted by Gasteiger charge is -2.32. The van der Waals surface area contributed by atoms with E-state index in [-0.39, 0.29) is 35.5 Å². The summed E-state index contributed by atoms with van der Waals surface area (Å²) in [6, 6.07) is 12.4. The molecule has 2 heterocycles. The van der Waals surface area contributed by atoms with Gasteiger partial charge in [-0.15, -0.1) is 0 Å². The molecule has 6 atom stereocenters. The molecule has 2 aromatic rings. The summed E-state index contributed by atoms with van der Waals surface area (Å²) in [4.78, 5) is 58.8. The quantitative estimate of drug-likeness (QED) is 0.0931. The average Bonchev–Trinajstić information content (AvgIpc) is 3.65. The Labute approximate surface area is 297 Å². The number of nitrogens with zero attached hydrogens (tertiary/aromatic N) is 2. The summed E-state index contributed by atoms with van der Waals surface area (Å²) in [5, 5.41) is 35.0. The van der Waals surface area contributed by atoms with Crippen molar-refractivity contribution in [3.05, 3.63) is 59.4 Å². The van der Waals surface area contributed by atoms with Crippen LogP contribution in [0.4, 0.5) is 4.79 Å². The van der Waals surface area contributed by atoms with Gasteiger partial charge in [-0.05, 0) is 50.3 Å². The number of amidine groups is 1. The van der Waals surface area contributed by atoms with E-state index in [0.29, 0.717) is 12.0 Å². The van der Waals surface area contributed by atoms with Gasteiger partial charge in [0.25, 0.3) is 0 Å². The Hall–Kier alpha value is -5.07. The van der Waals surface area contributed by atoms with Crippen LogP contribution in [0.1, 0.15) is 78.8 Å². The SMILES string of the molecule is CC[C@@H](C)C(=O)NC(=NC=N)c1ccc([C@]2(C#N)O[C@H](COC(=O)Cc3ccccc3)[C@@H](OC(=O)[C@@H](NC(=O)OC(C)(C)C)C(C)(C)C)[C@H]2O)[nH]1. The molecule has 2 amide bonds. The Balaban J connectivity index is 1.97. The molecule has 1 aliphatic heterocycles. The van der Waals surface area contributed by atoms with Crippen molar-refractivity contribution >= 4 is 36.1 Å². The van der Waals surface area contributed by atoms with Crippen LogP contribution in [0.15, 0.2) is 47.5 Å². The molecule has 0 bridgehead atoms. The van der Waals surface area contributed by atoms with Crippen molar-refractivity contribution in [2.24, 2.45) is 16.3 Å². The molecule has 5 N–H and O–H groups in total. The van der Waals surface area contributed by atoms with Crippen LogP contribution in [0.2, 0.25) is 0 Å². The molecule has 0 aliphatic carbocycles. The molecule has 15 nitrogen and oxygen atoms in total. The number of aliphatic hydroxyl groups excluding tert-OH is 1. The molecule has 1 aromatic heterocycles. The summed E-state index contributed by atoms with van der Waals surface area (Å²) in [7, 11) is 0. The van der Waals surface area contributed by atoms with Crippen molar-refractivity contribution in [2.45, 2.75) is 104 Å². The zero-order chi connectivity index (χ0) is 38.1. The molecule has 3 rings (SSSR count). The number of aromatic amines is 1. The Morgan fingerprint density at radius 1 is 1.14 bits per heavy atom. The molecule has 0 saturated carbocycles. The fraction of sp³-hybridized carbons (Fsp3) is 0.528. The van der Waals surface area contributed by atoms with E-state index in [1.165, 1.54) is 12.1 Å². The van der Waals surface area contributed by atoms with Gasteiger partial charge in [-0.25, -0.2) is 14.6 Å². The van der Waals surface area contributed by atoms with Gasteiger partial charge in [0, 0.05) is 5.92 Å². The fourth-order valence-corrected chi connectivity index (χ4v) is 5.11. The molecule has 1 aromatic carbocycles. The second kappa shape index (κ2) is 16.8. The van der Waals surface area contributed by atoms with Crippen LogP contribution < -0.4 is 10.6 Å². The number of nitrogens with one attached hydrogen (secondary N) is 4. The van der Waals surface area contributed by atoms with Gasteiger partial charge in [-0.1, -0.05) is 65.0 Å². The Morgan fingerprint density at radius 3 is 2.37 bits per heavy atom. The number of rotatable bonds is 12. The number of hydrogen-bond donors (Lipinski definition) is 5. The molecule has 276 valence electrons. The Morgan fingerprint density at radius 2 is 1.80 bits per heavy atom. The van der Waals surface area contributed by atoms with Crippen molar-refractivity contribution in [1.29, 1.82) is 10.7 Å². The molecule has 1 aliphatic rings. The van der Waals surface area contributed by atoms with Crippen LogP contribution in [0.5, 0.6) is 0 Å². The van der Waals surface area contributed by atoms with Crippen molar-refractivity contribution in [1.82, 2.24) is 15.6 Å². The minimum atomic E-state index is -2.20. The lowest BCUT2D eigenvalue weighted by molar-refractivity contribution is -0.164. The Kier molecular flexibility index (Phi) is 13.3. The number of esters is 2. The van der Waals surface area contributed by atoms with E-state index in [9.17, 15) is 29.5 Å².